The largest absolute Gasteiger partial charge is 0.364 e. The Hall–Kier alpha value is -0.480. The first-order valence-corrected chi connectivity index (χ1v) is 11.2. The molecule has 24 heavy (non-hydrogen) atoms. The number of rotatable bonds is 10. The van der Waals surface area contributed by atoms with Gasteiger partial charge in [-0.3, -0.25) is 9.13 Å². The molecule has 0 rings (SSSR count). The molecule has 0 aliphatic heterocycles. The molecule has 6 nitrogen and oxygen atoms in total. The minimum Gasteiger partial charge on any atom is -0.321 e. The zero-order valence-corrected chi connectivity index (χ0v) is 16.6. The van der Waals surface area contributed by atoms with Crippen LogP contribution in [0.25, 0.3) is 0 Å². The van der Waals surface area contributed by atoms with Crippen LogP contribution in [-0.4, -0.2) is 19.6 Å². The van der Waals surface area contributed by atoms with Crippen molar-refractivity contribution in [2.45, 2.75) is 59.8 Å². The third kappa shape index (κ3) is 11.1. The monoisotopic (exact) mass is 380 g/mol. The summed E-state index contributed by atoms with van der Waals surface area (Å²) in [7, 11) is -9.87. The number of allylic oxidation sites excluding steroid dienone is 5. The van der Waals surface area contributed by atoms with E-state index in [2.05, 4.69) is 32.9 Å². The lowest BCUT2D eigenvalue weighted by atomic mass is 10.0. The normalized spacial score (nSPS) is 14.2. The van der Waals surface area contributed by atoms with Gasteiger partial charge in [0.2, 0.25) is 0 Å². The molecule has 8 heteroatoms. The van der Waals surface area contributed by atoms with Crippen LogP contribution in [0.2, 0.25) is 0 Å². The second kappa shape index (κ2) is 10.5. The maximum Gasteiger partial charge on any atom is 0.364 e. The van der Waals surface area contributed by atoms with Crippen molar-refractivity contribution in [3.63, 3.8) is 0 Å². The van der Waals surface area contributed by atoms with E-state index in [0.717, 1.165) is 31.8 Å². The van der Waals surface area contributed by atoms with E-state index < -0.39 is 20.2 Å². The van der Waals surface area contributed by atoms with Gasteiger partial charge in [0.25, 0.3) is 0 Å². The third-order valence-corrected chi connectivity index (χ3v) is 6.67. The minimum atomic E-state index is -4.94. The molecular formula is C16H30O6P2. The van der Waals surface area contributed by atoms with E-state index in [0.29, 0.717) is 0 Å². The summed E-state index contributed by atoms with van der Waals surface area (Å²) in [5.41, 5.74) is 2.59. The van der Waals surface area contributed by atoms with E-state index in [9.17, 15) is 9.13 Å². The van der Waals surface area contributed by atoms with Gasteiger partial charge in [0.05, 0.1) is 0 Å². The van der Waals surface area contributed by atoms with Gasteiger partial charge in [-0.05, 0) is 58.8 Å². The molecule has 0 fully saturated rings. The van der Waals surface area contributed by atoms with Crippen molar-refractivity contribution in [1.82, 2.24) is 0 Å². The fraction of sp³-hybridized carbons (Fsp3) is 0.625. The molecule has 0 saturated heterocycles. The minimum absolute atomic E-state index is 0.0694. The van der Waals surface area contributed by atoms with Crippen LogP contribution in [-0.2, 0) is 9.13 Å². The van der Waals surface area contributed by atoms with Crippen LogP contribution in [0.3, 0.4) is 0 Å². The van der Waals surface area contributed by atoms with Crippen molar-refractivity contribution in [3.8, 4) is 0 Å². The first-order chi connectivity index (χ1) is 10.8. The second-order valence-corrected chi connectivity index (χ2v) is 9.93. The highest BCUT2D eigenvalue weighted by atomic mass is 31.2. The molecule has 0 aliphatic carbocycles. The van der Waals surface area contributed by atoms with Gasteiger partial charge in [-0.25, -0.2) is 0 Å². The van der Waals surface area contributed by atoms with E-state index in [-0.39, 0.29) is 12.3 Å². The molecule has 0 heterocycles. The standard InChI is InChI=1S/C16H30O6P2/c1-13(2)7-5-8-14(3)9-6-10-15(4)11-12-16(23(17,18)19)24(20,21)22/h7,9,12,15H,5-6,8,10-11H2,1-4H3,(H2,17,18,19)(H2,20,21,22)/b14-9-. The fourth-order valence-corrected chi connectivity index (χ4v) is 4.18. The van der Waals surface area contributed by atoms with Crippen LogP contribution < -0.4 is 0 Å². The molecule has 1 atom stereocenters. The highest BCUT2D eigenvalue weighted by Crippen LogP contribution is 2.64. The van der Waals surface area contributed by atoms with E-state index in [1.54, 1.807) is 0 Å². The molecule has 0 radical (unpaired) electrons. The SMILES string of the molecule is CC(C)=CCC/C(C)=C\CCC(C)CC=C(P(=O)(O)O)P(=O)(O)O. The molecule has 4 N–H and O–H groups in total. The molecule has 0 aromatic rings. The van der Waals surface area contributed by atoms with Gasteiger partial charge in [-0.2, -0.15) is 0 Å². The number of hydrogen-bond acceptors (Lipinski definition) is 2. The van der Waals surface area contributed by atoms with E-state index in [1.165, 1.54) is 11.1 Å². The Bertz CT molecular complexity index is 551. The van der Waals surface area contributed by atoms with Crippen LogP contribution in [0.4, 0.5) is 0 Å². The average Bonchev–Trinajstić information content (AvgIpc) is 2.34. The maximum atomic E-state index is 11.2. The molecule has 0 spiro atoms. The molecule has 0 bridgehead atoms. The zero-order valence-electron chi connectivity index (χ0n) is 14.8. The Morgan fingerprint density at radius 1 is 0.917 bits per heavy atom. The molecule has 140 valence electrons. The van der Waals surface area contributed by atoms with E-state index in [4.69, 9.17) is 19.6 Å². The van der Waals surface area contributed by atoms with Crippen LogP contribution in [0, 0.1) is 5.92 Å². The Labute approximate surface area is 144 Å². The first kappa shape index (κ1) is 23.5. The summed E-state index contributed by atoms with van der Waals surface area (Å²) in [5, 5.41) is -1.07. The Kier molecular flexibility index (Phi) is 10.3. The van der Waals surface area contributed by atoms with E-state index in [1.807, 2.05) is 6.92 Å². The van der Waals surface area contributed by atoms with Crippen molar-refractivity contribution in [2.24, 2.45) is 5.92 Å². The van der Waals surface area contributed by atoms with Crippen LogP contribution in [0.5, 0.6) is 0 Å². The van der Waals surface area contributed by atoms with Gasteiger partial charge < -0.3 is 19.6 Å². The van der Waals surface area contributed by atoms with Crippen LogP contribution >= 0.6 is 15.2 Å². The predicted octanol–water partition coefficient (Wildman–Crippen LogP) is 4.68. The Morgan fingerprint density at radius 2 is 1.46 bits per heavy atom. The van der Waals surface area contributed by atoms with Crippen molar-refractivity contribution < 1.29 is 28.7 Å². The summed E-state index contributed by atoms with van der Waals surface area (Å²) < 4.78 is 22.3. The molecule has 0 saturated carbocycles. The van der Waals surface area contributed by atoms with Gasteiger partial charge in [-0.15, -0.1) is 0 Å². The van der Waals surface area contributed by atoms with Gasteiger partial charge in [0, 0.05) is 0 Å². The highest BCUT2D eigenvalue weighted by Gasteiger charge is 2.35. The molecule has 0 aromatic carbocycles. The summed E-state index contributed by atoms with van der Waals surface area (Å²) in [6, 6.07) is 0. The molecule has 0 aliphatic rings. The summed E-state index contributed by atoms with van der Waals surface area (Å²) in [6.07, 6.45) is 9.18. The van der Waals surface area contributed by atoms with Crippen molar-refractivity contribution in [3.05, 3.63) is 34.4 Å². The lowest BCUT2D eigenvalue weighted by molar-refractivity contribution is 0.367. The fourth-order valence-electron chi connectivity index (χ4n) is 2.14. The molecule has 0 amide bonds. The predicted molar refractivity (Wildman–Crippen MR) is 97.6 cm³/mol. The second-order valence-electron chi connectivity index (χ2n) is 6.44. The van der Waals surface area contributed by atoms with Crippen molar-refractivity contribution in [1.29, 1.82) is 0 Å². The third-order valence-electron chi connectivity index (χ3n) is 3.54. The van der Waals surface area contributed by atoms with Gasteiger partial charge in [-0.1, -0.05) is 36.3 Å². The summed E-state index contributed by atoms with van der Waals surface area (Å²) in [4.78, 5) is 36.1. The molecule has 1 unspecified atom stereocenters. The average molecular weight is 380 g/mol. The van der Waals surface area contributed by atoms with Crippen molar-refractivity contribution in [2.75, 3.05) is 0 Å². The summed E-state index contributed by atoms with van der Waals surface area (Å²) in [6.45, 7) is 8.10. The lowest BCUT2D eigenvalue weighted by Crippen LogP contribution is -1.95. The summed E-state index contributed by atoms with van der Waals surface area (Å²) in [5.74, 6) is 0.0694. The van der Waals surface area contributed by atoms with Gasteiger partial charge >= 0.3 is 15.2 Å². The maximum absolute atomic E-state index is 11.2. The van der Waals surface area contributed by atoms with Crippen LogP contribution in [0.1, 0.15) is 59.8 Å². The van der Waals surface area contributed by atoms with Gasteiger partial charge in [0.15, 0.2) is 0 Å². The lowest BCUT2D eigenvalue weighted by Gasteiger charge is -2.13. The zero-order chi connectivity index (χ0) is 19.0. The molecule has 0 aromatic heterocycles. The van der Waals surface area contributed by atoms with Gasteiger partial charge in [0.1, 0.15) is 5.06 Å². The number of hydrogen-bond donors (Lipinski definition) is 4. The topological polar surface area (TPSA) is 115 Å². The summed E-state index contributed by atoms with van der Waals surface area (Å²) >= 11 is 0. The first-order valence-electron chi connectivity index (χ1n) is 7.95. The van der Waals surface area contributed by atoms with Crippen LogP contribution in [0.15, 0.2) is 34.4 Å². The molecular weight excluding hydrogens is 350 g/mol. The Balaban J connectivity index is 4.51. The van der Waals surface area contributed by atoms with Crippen molar-refractivity contribution >= 4 is 15.2 Å². The quantitative estimate of drug-likeness (QED) is 0.323. The Morgan fingerprint density at radius 3 is 1.92 bits per heavy atom. The highest BCUT2D eigenvalue weighted by molar-refractivity contribution is 7.77. The van der Waals surface area contributed by atoms with E-state index >= 15 is 0 Å². The smallest absolute Gasteiger partial charge is 0.321 e.